The number of ether oxygens (including phenoxy) is 1. The Morgan fingerprint density at radius 1 is 1.29 bits per heavy atom. The molecule has 126 valence electrons. The highest BCUT2D eigenvalue weighted by atomic mass is 79.9. The number of methoxy groups -OCH3 is 1. The minimum Gasteiger partial charge on any atom is -0.505 e. The number of phenols is 1. The molecule has 0 aromatic heterocycles. The second-order valence-electron chi connectivity index (χ2n) is 4.98. The number of amides is 1. The summed E-state index contributed by atoms with van der Waals surface area (Å²) < 4.78 is 18.9. The van der Waals surface area contributed by atoms with Gasteiger partial charge >= 0.3 is 5.97 Å². The van der Waals surface area contributed by atoms with Gasteiger partial charge in [0.15, 0.2) is 5.75 Å². The molecule has 0 unspecified atom stereocenters. The van der Waals surface area contributed by atoms with Crippen LogP contribution in [0.25, 0.3) is 0 Å². The largest absolute Gasteiger partial charge is 0.505 e. The first-order valence-electron chi connectivity index (χ1n) is 7.06. The Hall–Kier alpha value is -2.41. The van der Waals surface area contributed by atoms with E-state index in [0.29, 0.717) is 10.0 Å². The third-order valence-corrected chi connectivity index (χ3v) is 3.85. The van der Waals surface area contributed by atoms with Gasteiger partial charge in [-0.3, -0.25) is 4.79 Å². The molecule has 0 spiro atoms. The molecule has 0 heterocycles. The number of hydrogen-bond acceptors (Lipinski definition) is 4. The number of rotatable bonds is 5. The van der Waals surface area contributed by atoms with Gasteiger partial charge in [0.2, 0.25) is 5.91 Å². The van der Waals surface area contributed by atoms with Crippen LogP contribution in [0, 0.1) is 5.82 Å². The molecule has 2 rings (SSSR count). The summed E-state index contributed by atoms with van der Waals surface area (Å²) in [4.78, 5) is 23.5. The summed E-state index contributed by atoms with van der Waals surface area (Å²) in [6.45, 7) is 0. The lowest BCUT2D eigenvalue weighted by molar-refractivity contribution is -0.116. The van der Waals surface area contributed by atoms with E-state index in [1.807, 2.05) is 0 Å². The van der Waals surface area contributed by atoms with Crippen LogP contribution in [-0.4, -0.2) is 24.1 Å². The van der Waals surface area contributed by atoms with Crippen LogP contribution >= 0.6 is 15.9 Å². The number of para-hydroxylation sites is 1. The standard InChI is InChI=1S/C17H15BrFNO4/c1-24-17(23)12-3-2-4-14(16(12)22)20-15(21)8-6-10-5-7-11(18)9-13(10)19/h2-5,7,9,22H,6,8H2,1H3,(H,20,21). The highest BCUT2D eigenvalue weighted by molar-refractivity contribution is 9.10. The normalized spacial score (nSPS) is 10.3. The monoisotopic (exact) mass is 395 g/mol. The minimum absolute atomic E-state index is 0.0282. The Morgan fingerprint density at radius 3 is 2.71 bits per heavy atom. The molecular formula is C17H15BrFNO4. The lowest BCUT2D eigenvalue weighted by Crippen LogP contribution is -2.13. The fourth-order valence-electron chi connectivity index (χ4n) is 2.10. The van der Waals surface area contributed by atoms with Crippen LogP contribution in [0.5, 0.6) is 5.75 Å². The summed E-state index contributed by atoms with van der Waals surface area (Å²) in [6.07, 6.45) is 0.239. The van der Waals surface area contributed by atoms with Gasteiger partial charge < -0.3 is 15.2 Å². The zero-order chi connectivity index (χ0) is 17.7. The highest BCUT2D eigenvalue weighted by Crippen LogP contribution is 2.28. The molecule has 0 bridgehead atoms. The lowest BCUT2D eigenvalue weighted by atomic mass is 10.1. The Kier molecular flexibility index (Phi) is 5.92. The molecule has 0 aliphatic carbocycles. The zero-order valence-corrected chi connectivity index (χ0v) is 14.4. The Bertz CT molecular complexity index is 779. The molecular weight excluding hydrogens is 381 g/mol. The average molecular weight is 396 g/mol. The summed E-state index contributed by atoms with van der Waals surface area (Å²) in [6, 6.07) is 8.98. The van der Waals surface area contributed by atoms with Gasteiger partial charge in [-0.1, -0.05) is 28.1 Å². The molecule has 0 radical (unpaired) electrons. The van der Waals surface area contributed by atoms with Gasteiger partial charge in [-0.25, -0.2) is 9.18 Å². The SMILES string of the molecule is COC(=O)c1cccc(NC(=O)CCc2ccc(Br)cc2F)c1O. The third-order valence-electron chi connectivity index (χ3n) is 3.35. The number of hydrogen-bond donors (Lipinski definition) is 2. The number of phenolic OH excluding ortho intramolecular Hbond substituents is 1. The smallest absolute Gasteiger partial charge is 0.341 e. The molecule has 0 atom stereocenters. The number of aryl methyl sites for hydroxylation is 1. The van der Waals surface area contributed by atoms with E-state index < -0.39 is 17.7 Å². The van der Waals surface area contributed by atoms with Crippen molar-refractivity contribution >= 4 is 33.5 Å². The number of aromatic hydroxyl groups is 1. The first-order chi connectivity index (χ1) is 11.4. The van der Waals surface area contributed by atoms with Crippen LogP contribution in [-0.2, 0) is 16.0 Å². The fraction of sp³-hybridized carbons (Fsp3) is 0.176. The first kappa shape index (κ1) is 17.9. The Morgan fingerprint density at radius 2 is 2.04 bits per heavy atom. The molecule has 7 heteroatoms. The van der Waals surface area contributed by atoms with Gasteiger partial charge in [-0.05, 0) is 36.2 Å². The second-order valence-corrected chi connectivity index (χ2v) is 5.89. The van der Waals surface area contributed by atoms with Gasteiger partial charge in [-0.2, -0.15) is 0 Å². The molecule has 2 aromatic rings. The quantitative estimate of drug-likeness (QED) is 0.598. The van der Waals surface area contributed by atoms with Gasteiger partial charge in [0.05, 0.1) is 12.8 Å². The van der Waals surface area contributed by atoms with Crippen molar-refractivity contribution in [2.45, 2.75) is 12.8 Å². The van der Waals surface area contributed by atoms with Gasteiger partial charge in [0.25, 0.3) is 0 Å². The highest BCUT2D eigenvalue weighted by Gasteiger charge is 2.16. The zero-order valence-electron chi connectivity index (χ0n) is 12.8. The van der Waals surface area contributed by atoms with Gasteiger partial charge in [-0.15, -0.1) is 0 Å². The number of benzene rings is 2. The van der Waals surface area contributed by atoms with Crippen LogP contribution in [0.1, 0.15) is 22.3 Å². The predicted octanol–water partition coefficient (Wildman–Crippen LogP) is 3.65. The van der Waals surface area contributed by atoms with Crippen molar-refractivity contribution in [3.05, 3.63) is 57.8 Å². The van der Waals surface area contributed by atoms with Gasteiger partial charge in [0.1, 0.15) is 11.4 Å². The fourth-order valence-corrected chi connectivity index (χ4v) is 2.44. The molecule has 0 saturated carbocycles. The molecule has 2 N–H and O–H groups in total. The molecule has 24 heavy (non-hydrogen) atoms. The van der Waals surface area contributed by atoms with Gasteiger partial charge in [0, 0.05) is 10.9 Å². The molecule has 1 amide bonds. The van der Waals surface area contributed by atoms with Crippen molar-refractivity contribution in [3.63, 3.8) is 0 Å². The molecule has 0 fully saturated rings. The first-order valence-corrected chi connectivity index (χ1v) is 7.85. The molecule has 2 aromatic carbocycles. The topological polar surface area (TPSA) is 75.6 Å². The summed E-state index contributed by atoms with van der Waals surface area (Å²) in [7, 11) is 1.19. The van der Waals surface area contributed by atoms with Crippen LogP contribution in [0.4, 0.5) is 10.1 Å². The van der Waals surface area contributed by atoms with Crippen LogP contribution in [0.3, 0.4) is 0 Å². The summed E-state index contributed by atoms with van der Waals surface area (Å²) in [5, 5.41) is 12.5. The number of esters is 1. The maximum Gasteiger partial charge on any atom is 0.341 e. The van der Waals surface area contributed by atoms with E-state index >= 15 is 0 Å². The lowest BCUT2D eigenvalue weighted by Gasteiger charge is -2.10. The van der Waals surface area contributed by atoms with Crippen molar-refractivity contribution in [1.82, 2.24) is 0 Å². The second kappa shape index (κ2) is 7.92. The van der Waals surface area contributed by atoms with E-state index in [9.17, 15) is 19.1 Å². The molecule has 0 saturated heterocycles. The molecule has 0 aliphatic heterocycles. The number of nitrogens with one attached hydrogen (secondary N) is 1. The predicted molar refractivity (Wildman–Crippen MR) is 90.5 cm³/mol. The molecule has 5 nitrogen and oxygen atoms in total. The van der Waals surface area contributed by atoms with Crippen molar-refractivity contribution in [1.29, 1.82) is 0 Å². The van der Waals surface area contributed by atoms with Crippen molar-refractivity contribution in [2.24, 2.45) is 0 Å². The van der Waals surface area contributed by atoms with E-state index in [1.54, 1.807) is 12.1 Å². The summed E-state index contributed by atoms with van der Waals surface area (Å²) >= 11 is 3.17. The van der Waals surface area contributed by atoms with E-state index in [2.05, 4.69) is 26.0 Å². The number of carbonyl (C=O) groups excluding carboxylic acids is 2. The van der Waals surface area contributed by atoms with E-state index in [4.69, 9.17) is 0 Å². The minimum atomic E-state index is -0.708. The number of anilines is 1. The Labute approximate surface area is 146 Å². The molecule has 0 aliphatic rings. The van der Waals surface area contributed by atoms with E-state index in [-0.39, 0.29) is 29.8 Å². The summed E-state index contributed by atoms with van der Waals surface area (Å²) in [5.41, 5.74) is 0.467. The van der Waals surface area contributed by atoms with Crippen molar-refractivity contribution in [2.75, 3.05) is 12.4 Å². The maximum absolute atomic E-state index is 13.7. The van der Waals surface area contributed by atoms with Crippen LogP contribution in [0.2, 0.25) is 0 Å². The van der Waals surface area contributed by atoms with Crippen LogP contribution in [0.15, 0.2) is 40.9 Å². The maximum atomic E-state index is 13.7. The van der Waals surface area contributed by atoms with E-state index in [1.165, 1.54) is 31.4 Å². The third kappa shape index (κ3) is 4.32. The number of halogens is 2. The van der Waals surface area contributed by atoms with Crippen molar-refractivity contribution in [3.8, 4) is 5.75 Å². The Balaban J connectivity index is 2.03. The van der Waals surface area contributed by atoms with E-state index in [0.717, 1.165) is 0 Å². The number of carbonyl (C=O) groups is 2. The van der Waals surface area contributed by atoms with Crippen LogP contribution < -0.4 is 5.32 Å². The van der Waals surface area contributed by atoms with Crippen molar-refractivity contribution < 1.29 is 23.8 Å². The average Bonchev–Trinajstić information content (AvgIpc) is 2.55. The summed E-state index contributed by atoms with van der Waals surface area (Å²) in [5.74, 6) is -1.88.